The molecule has 48 heavy (non-hydrogen) atoms. The van der Waals surface area contributed by atoms with Crippen LogP contribution in [0.2, 0.25) is 0 Å². The zero-order valence-corrected chi connectivity index (χ0v) is 31.4. The molecular weight excluding hydrogens is 581 g/mol. The predicted molar refractivity (Wildman–Crippen MR) is 214 cm³/mol. The summed E-state index contributed by atoms with van der Waals surface area (Å²) in [6.07, 6.45) is 0. The number of hydrogen-bond donors (Lipinski definition) is 2. The van der Waals surface area contributed by atoms with Crippen LogP contribution in [0.1, 0.15) is 152 Å². The molecule has 0 atom stereocenters. The first kappa shape index (κ1) is 33.8. The number of nitrogens with one attached hydrogen (secondary N) is 2. The Morgan fingerprint density at radius 3 is 0.896 bits per heavy atom. The average molecular weight is 637 g/mol. The summed E-state index contributed by atoms with van der Waals surface area (Å²) in [6.45, 7) is 27.6. The summed E-state index contributed by atoms with van der Waals surface area (Å²) in [6, 6.07) is 28.5. The van der Waals surface area contributed by atoms with Gasteiger partial charge in [0.05, 0.1) is 0 Å². The van der Waals surface area contributed by atoms with E-state index in [1.54, 1.807) is 0 Å². The fourth-order valence-corrected chi connectivity index (χ4v) is 7.35. The number of rotatable bonds is 10. The van der Waals surface area contributed by atoms with Gasteiger partial charge < -0.3 is 10.6 Å². The van der Waals surface area contributed by atoms with Gasteiger partial charge in [-0.3, -0.25) is 0 Å². The molecule has 0 saturated heterocycles. The predicted octanol–water partition coefficient (Wildman–Crippen LogP) is 14.8. The van der Waals surface area contributed by atoms with Gasteiger partial charge in [0.25, 0.3) is 0 Å². The molecule has 0 aliphatic carbocycles. The van der Waals surface area contributed by atoms with Crippen LogP contribution in [0, 0.1) is 0 Å². The Labute approximate surface area is 289 Å². The van der Waals surface area contributed by atoms with Gasteiger partial charge >= 0.3 is 0 Å². The lowest BCUT2D eigenvalue weighted by molar-refractivity contribution is 0.834. The van der Waals surface area contributed by atoms with Crippen molar-refractivity contribution >= 4 is 55.1 Å². The third-order valence-corrected chi connectivity index (χ3v) is 10.4. The number of benzene rings is 6. The molecule has 0 aliphatic heterocycles. The molecule has 0 fully saturated rings. The highest BCUT2D eigenvalue weighted by Gasteiger charge is 2.21. The van der Waals surface area contributed by atoms with Gasteiger partial charge in [-0.25, -0.2) is 0 Å². The lowest BCUT2D eigenvalue weighted by Gasteiger charge is -2.24. The molecule has 2 heteroatoms. The Hall–Kier alpha value is -4.04. The Morgan fingerprint density at radius 2 is 0.625 bits per heavy atom. The fourth-order valence-electron chi connectivity index (χ4n) is 7.35. The third kappa shape index (κ3) is 6.27. The van der Waals surface area contributed by atoms with Crippen LogP contribution in [0.3, 0.4) is 0 Å². The van der Waals surface area contributed by atoms with Gasteiger partial charge in [0.15, 0.2) is 0 Å². The van der Waals surface area contributed by atoms with Crippen molar-refractivity contribution in [2.24, 2.45) is 0 Å². The third-order valence-electron chi connectivity index (χ3n) is 10.4. The molecular formula is C46H56N2. The fraction of sp³-hybridized carbons (Fsp3) is 0.391. The largest absolute Gasteiger partial charge is 0.355 e. The number of anilines is 4. The van der Waals surface area contributed by atoms with Gasteiger partial charge in [-0.1, -0.05) is 119 Å². The van der Waals surface area contributed by atoms with E-state index < -0.39 is 0 Å². The summed E-state index contributed by atoms with van der Waals surface area (Å²) in [5.74, 6) is 2.65. The highest BCUT2D eigenvalue weighted by molar-refractivity contribution is 6.28. The summed E-state index contributed by atoms with van der Waals surface area (Å²) in [5, 5.41) is 15.9. The standard InChI is InChI=1S/C46H56N2/c1-25(2)31-17-32(26(3)4)20-35(19-31)47-43-23-41(29(9)10)37-14-16-40-44(48-36-21-33(27(5)6)18-34(22-36)28(7)8)24-42(30(11)12)38-13-15-39(43)45(37)46(38)40/h13-30,47-48H,1-12H3. The molecule has 0 amide bonds. The van der Waals surface area contributed by atoms with E-state index in [1.165, 1.54) is 88.4 Å². The van der Waals surface area contributed by atoms with E-state index in [4.69, 9.17) is 0 Å². The Kier molecular flexibility index (Phi) is 9.24. The maximum Gasteiger partial charge on any atom is 0.0467 e. The quantitative estimate of drug-likeness (QED) is 0.146. The Morgan fingerprint density at radius 1 is 0.333 bits per heavy atom. The Bertz CT molecular complexity index is 1890. The average Bonchev–Trinajstić information content (AvgIpc) is 3.03. The SMILES string of the molecule is CC(C)c1cc(Nc2cc(C(C)C)c3ccc4c(Nc5cc(C(C)C)cc(C(C)C)c5)cc(C(C)C)c5ccc2c3c45)cc(C(C)C)c1. The maximum atomic E-state index is 3.95. The summed E-state index contributed by atoms with van der Waals surface area (Å²) in [7, 11) is 0. The van der Waals surface area contributed by atoms with Crippen LogP contribution in [-0.2, 0) is 0 Å². The highest BCUT2D eigenvalue weighted by Crippen LogP contribution is 2.47. The Balaban J connectivity index is 1.62. The molecule has 0 radical (unpaired) electrons. The molecule has 0 saturated carbocycles. The molecule has 0 unspecified atom stereocenters. The van der Waals surface area contributed by atoms with Crippen LogP contribution in [0.4, 0.5) is 22.7 Å². The summed E-state index contributed by atoms with van der Waals surface area (Å²) >= 11 is 0. The van der Waals surface area contributed by atoms with Gasteiger partial charge in [-0.2, -0.15) is 0 Å². The van der Waals surface area contributed by atoms with Crippen molar-refractivity contribution in [3.63, 3.8) is 0 Å². The molecule has 0 aromatic heterocycles. The molecule has 0 aliphatic rings. The van der Waals surface area contributed by atoms with E-state index in [1.807, 2.05) is 0 Å². The second-order valence-corrected chi connectivity index (χ2v) is 16.1. The van der Waals surface area contributed by atoms with E-state index in [-0.39, 0.29) is 0 Å². The van der Waals surface area contributed by atoms with Gasteiger partial charge in [0, 0.05) is 33.5 Å². The molecule has 0 spiro atoms. The van der Waals surface area contributed by atoms with Gasteiger partial charge in [0.1, 0.15) is 0 Å². The van der Waals surface area contributed by atoms with Crippen molar-refractivity contribution < 1.29 is 0 Å². The first-order valence-corrected chi connectivity index (χ1v) is 18.4. The molecule has 6 rings (SSSR count). The first-order valence-electron chi connectivity index (χ1n) is 18.4. The minimum atomic E-state index is 0.388. The van der Waals surface area contributed by atoms with Crippen molar-refractivity contribution in [1.82, 2.24) is 0 Å². The van der Waals surface area contributed by atoms with Crippen LogP contribution in [0.25, 0.3) is 32.3 Å². The first-order chi connectivity index (χ1) is 22.7. The van der Waals surface area contributed by atoms with Crippen molar-refractivity contribution in [3.8, 4) is 0 Å². The second-order valence-electron chi connectivity index (χ2n) is 16.1. The van der Waals surface area contributed by atoms with Crippen LogP contribution >= 0.6 is 0 Å². The minimum Gasteiger partial charge on any atom is -0.355 e. The topological polar surface area (TPSA) is 24.1 Å². The van der Waals surface area contributed by atoms with Crippen molar-refractivity contribution in [1.29, 1.82) is 0 Å². The molecule has 2 nitrogen and oxygen atoms in total. The van der Waals surface area contributed by atoms with Crippen molar-refractivity contribution in [3.05, 3.63) is 106 Å². The van der Waals surface area contributed by atoms with E-state index in [2.05, 4.69) is 167 Å². The van der Waals surface area contributed by atoms with Gasteiger partial charge in [-0.05, 0) is 127 Å². The normalized spacial score (nSPS) is 12.5. The van der Waals surface area contributed by atoms with Crippen molar-refractivity contribution in [2.75, 3.05) is 10.6 Å². The van der Waals surface area contributed by atoms with Crippen molar-refractivity contribution in [2.45, 2.75) is 119 Å². The van der Waals surface area contributed by atoms with Gasteiger partial charge in [-0.15, -0.1) is 0 Å². The summed E-state index contributed by atoms with van der Waals surface area (Å²) in [5.41, 5.74) is 13.0. The maximum absolute atomic E-state index is 3.95. The highest BCUT2D eigenvalue weighted by atomic mass is 14.9. The zero-order valence-electron chi connectivity index (χ0n) is 31.4. The van der Waals surface area contributed by atoms with E-state index in [0.29, 0.717) is 35.5 Å². The lowest BCUT2D eigenvalue weighted by atomic mass is 9.84. The van der Waals surface area contributed by atoms with E-state index in [0.717, 1.165) is 0 Å². The van der Waals surface area contributed by atoms with Crippen LogP contribution in [0.15, 0.2) is 72.8 Å². The molecule has 6 aromatic carbocycles. The molecule has 250 valence electrons. The second kappa shape index (κ2) is 13.1. The van der Waals surface area contributed by atoms with Crippen LogP contribution < -0.4 is 10.6 Å². The number of hydrogen-bond acceptors (Lipinski definition) is 2. The molecule has 0 heterocycles. The smallest absolute Gasteiger partial charge is 0.0467 e. The monoisotopic (exact) mass is 636 g/mol. The lowest BCUT2D eigenvalue weighted by Crippen LogP contribution is -2.03. The molecule has 0 bridgehead atoms. The van der Waals surface area contributed by atoms with E-state index >= 15 is 0 Å². The van der Waals surface area contributed by atoms with Crippen LogP contribution in [-0.4, -0.2) is 0 Å². The zero-order chi connectivity index (χ0) is 34.6. The van der Waals surface area contributed by atoms with Crippen LogP contribution in [0.5, 0.6) is 0 Å². The summed E-state index contributed by atoms with van der Waals surface area (Å²) in [4.78, 5) is 0. The minimum absolute atomic E-state index is 0.388. The molecule has 2 N–H and O–H groups in total. The summed E-state index contributed by atoms with van der Waals surface area (Å²) < 4.78 is 0. The van der Waals surface area contributed by atoms with E-state index in [9.17, 15) is 0 Å². The van der Waals surface area contributed by atoms with Gasteiger partial charge in [0.2, 0.25) is 0 Å². The molecule has 6 aromatic rings.